The predicted octanol–water partition coefficient (Wildman–Crippen LogP) is 14.8. The van der Waals surface area contributed by atoms with Crippen molar-refractivity contribution < 1.29 is 4.42 Å². The average molecular weight is 727 g/mol. The molecule has 4 nitrogen and oxygen atoms in total. The Kier molecular flexibility index (Phi) is 6.96. The molecule has 1 aliphatic rings. The standard InChI is InChI=1S/C53H32N3O/c1-2-10-32(11-3-1)45-27-24-34-22-23-35-25-28-46(55-51(35)50(34)54-45)33-18-20-36(21-19-33)52-53-49(42-16-8-9-17-48(42)57-53)44-31-38(26-29-47(44)56-52)43-30-37-12-4-5-13-39(37)40-14-6-7-15-41(40)43/h1-31,45H/q-1. The number of benzene rings is 8. The van der Waals surface area contributed by atoms with Crippen molar-refractivity contribution in [3.05, 3.63) is 198 Å². The minimum Gasteiger partial charge on any atom is -0.673 e. The molecule has 1 atom stereocenters. The van der Waals surface area contributed by atoms with E-state index >= 15 is 0 Å². The van der Waals surface area contributed by atoms with Gasteiger partial charge < -0.3 is 9.73 Å². The van der Waals surface area contributed by atoms with E-state index in [1.807, 2.05) is 18.2 Å². The second-order valence-corrected chi connectivity index (χ2v) is 14.9. The Labute approximate surface area is 328 Å². The highest BCUT2D eigenvalue weighted by Crippen LogP contribution is 2.45. The number of rotatable bonds is 4. The van der Waals surface area contributed by atoms with E-state index in [-0.39, 0.29) is 6.04 Å². The fourth-order valence-corrected chi connectivity index (χ4v) is 8.77. The summed E-state index contributed by atoms with van der Waals surface area (Å²) in [5.74, 6) is 0. The van der Waals surface area contributed by atoms with Crippen LogP contribution in [0.2, 0.25) is 0 Å². The molecule has 0 saturated heterocycles. The summed E-state index contributed by atoms with van der Waals surface area (Å²) in [6, 6.07) is 62.1. The summed E-state index contributed by atoms with van der Waals surface area (Å²) in [5, 5.41) is 14.5. The van der Waals surface area contributed by atoms with E-state index in [9.17, 15) is 0 Å². The molecule has 0 aliphatic carbocycles. The summed E-state index contributed by atoms with van der Waals surface area (Å²) >= 11 is 0. The molecule has 8 aromatic carbocycles. The van der Waals surface area contributed by atoms with Crippen LogP contribution < -0.4 is 0 Å². The fraction of sp³-hybridized carbons (Fsp3) is 0.0189. The van der Waals surface area contributed by atoms with Gasteiger partial charge in [0.1, 0.15) is 11.3 Å². The molecule has 3 aromatic heterocycles. The van der Waals surface area contributed by atoms with E-state index < -0.39 is 0 Å². The topological polar surface area (TPSA) is 53.0 Å². The van der Waals surface area contributed by atoms with Crippen LogP contribution in [0.4, 0.5) is 5.69 Å². The minimum atomic E-state index is -0.0382. The van der Waals surface area contributed by atoms with Crippen molar-refractivity contribution >= 4 is 77.1 Å². The Morgan fingerprint density at radius 3 is 2.11 bits per heavy atom. The highest BCUT2D eigenvalue weighted by molar-refractivity contribution is 6.22. The lowest BCUT2D eigenvalue weighted by Gasteiger charge is -2.37. The molecule has 1 unspecified atom stereocenters. The Bertz CT molecular complexity index is 3440. The van der Waals surface area contributed by atoms with Gasteiger partial charge in [-0.1, -0.05) is 169 Å². The van der Waals surface area contributed by atoms with Crippen molar-refractivity contribution in [3.63, 3.8) is 0 Å². The lowest BCUT2D eigenvalue weighted by atomic mass is 9.92. The van der Waals surface area contributed by atoms with E-state index in [1.54, 1.807) is 0 Å². The summed E-state index contributed by atoms with van der Waals surface area (Å²) in [4.78, 5) is 10.5. The highest BCUT2D eigenvalue weighted by Gasteiger charge is 2.19. The van der Waals surface area contributed by atoms with E-state index in [1.165, 1.54) is 32.7 Å². The first kappa shape index (κ1) is 31.8. The van der Waals surface area contributed by atoms with Crippen LogP contribution >= 0.6 is 0 Å². The molecule has 0 amide bonds. The van der Waals surface area contributed by atoms with Gasteiger partial charge in [-0.3, -0.25) is 0 Å². The summed E-state index contributed by atoms with van der Waals surface area (Å²) in [7, 11) is 0. The molecule has 0 radical (unpaired) electrons. The molecule has 266 valence electrons. The van der Waals surface area contributed by atoms with Crippen molar-refractivity contribution in [3.8, 4) is 33.6 Å². The van der Waals surface area contributed by atoms with Crippen molar-refractivity contribution in [1.29, 1.82) is 0 Å². The van der Waals surface area contributed by atoms with Crippen molar-refractivity contribution in [1.82, 2.24) is 9.97 Å². The molecular weight excluding hydrogens is 695 g/mol. The molecule has 0 N–H and O–H groups in total. The molecule has 11 aromatic rings. The number of furan rings is 1. The number of hydrogen-bond acceptors (Lipinski definition) is 3. The van der Waals surface area contributed by atoms with Crippen molar-refractivity contribution in [2.75, 3.05) is 0 Å². The zero-order valence-electron chi connectivity index (χ0n) is 30.7. The lowest BCUT2D eigenvalue weighted by Crippen LogP contribution is -1.98. The van der Waals surface area contributed by atoms with Gasteiger partial charge in [0.2, 0.25) is 0 Å². The molecule has 4 heterocycles. The molecule has 0 bridgehead atoms. The van der Waals surface area contributed by atoms with Gasteiger partial charge in [0.05, 0.1) is 16.7 Å². The van der Waals surface area contributed by atoms with Crippen LogP contribution in [0.5, 0.6) is 0 Å². The smallest absolute Gasteiger partial charge is 0.162 e. The van der Waals surface area contributed by atoms with Gasteiger partial charge in [-0.25, -0.2) is 9.97 Å². The fourth-order valence-electron chi connectivity index (χ4n) is 8.77. The number of para-hydroxylation sites is 1. The first-order chi connectivity index (χ1) is 28.2. The first-order valence-corrected chi connectivity index (χ1v) is 19.4. The molecule has 0 spiro atoms. The first-order valence-electron chi connectivity index (χ1n) is 19.4. The quantitative estimate of drug-likeness (QED) is 0.170. The van der Waals surface area contributed by atoms with E-state index in [0.29, 0.717) is 0 Å². The van der Waals surface area contributed by atoms with Crippen LogP contribution in [0.25, 0.3) is 110 Å². The van der Waals surface area contributed by atoms with E-state index in [0.717, 1.165) is 83.1 Å². The maximum Gasteiger partial charge on any atom is 0.162 e. The summed E-state index contributed by atoms with van der Waals surface area (Å²) in [5.41, 5.74) is 12.8. The number of pyridine rings is 2. The predicted molar refractivity (Wildman–Crippen MR) is 237 cm³/mol. The number of hydrogen-bond donors (Lipinski definition) is 0. The van der Waals surface area contributed by atoms with Gasteiger partial charge in [0.25, 0.3) is 0 Å². The second-order valence-electron chi connectivity index (χ2n) is 14.9. The van der Waals surface area contributed by atoms with E-state index in [2.05, 4.69) is 170 Å². The number of aromatic nitrogens is 2. The van der Waals surface area contributed by atoms with Crippen LogP contribution in [0.3, 0.4) is 0 Å². The normalized spacial score (nSPS) is 13.9. The third-order valence-corrected chi connectivity index (χ3v) is 11.6. The summed E-state index contributed by atoms with van der Waals surface area (Å²) in [6.07, 6.45) is 4.33. The van der Waals surface area contributed by atoms with Gasteiger partial charge in [-0.2, -0.15) is 0 Å². The Balaban J connectivity index is 0.970. The third-order valence-electron chi connectivity index (χ3n) is 11.6. The average Bonchev–Trinajstić information content (AvgIpc) is 3.68. The SMILES string of the molecule is C1=CC(c2ccccc2)[N-]c2c1ccc1ccc(-c3ccc(-c4nc5ccc(-c6cc7ccccc7c7ccccc67)cc5c5c4oc4ccccc45)cc3)nc21. The monoisotopic (exact) mass is 726 g/mol. The van der Waals surface area contributed by atoms with Gasteiger partial charge >= 0.3 is 0 Å². The van der Waals surface area contributed by atoms with Gasteiger partial charge in [-0.15, -0.1) is 5.69 Å². The molecule has 1 aliphatic heterocycles. The number of nitrogens with zero attached hydrogens (tertiary/aromatic N) is 3. The molecule has 4 heteroatoms. The van der Waals surface area contributed by atoms with Crippen molar-refractivity contribution in [2.24, 2.45) is 0 Å². The zero-order valence-corrected chi connectivity index (χ0v) is 30.7. The van der Waals surface area contributed by atoms with Gasteiger partial charge in [-0.05, 0) is 74.0 Å². The van der Waals surface area contributed by atoms with Crippen LogP contribution in [-0.2, 0) is 0 Å². The molecule has 0 saturated carbocycles. The van der Waals surface area contributed by atoms with Crippen molar-refractivity contribution in [2.45, 2.75) is 6.04 Å². The molecular formula is C53H32N3O-. The van der Waals surface area contributed by atoms with Crippen LogP contribution in [0, 0.1) is 0 Å². The summed E-state index contributed by atoms with van der Waals surface area (Å²) < 4.78 is 6.69. The van der Waals surface area contributed by atoms with Crippen LogP contribution in [-0.4, -0.2) is 9.97 Å². The molecule has 0 fully saturated rings. The Morgan fingerprint density at radius 2 is 1.23 bits per heavy atom. The van der Waals surface area contributed by atoms with Crippen LogP contribution in [0.15, 0.2) is 186 Å². The molecule has 57 heavy (non-hydrogen) atoms. The largest absolute Gasteiger partial charge is 0.673 e. The Hall–Kier alpha value is -7.56. The second kappa shape index (κ2) is 12.5. The Morgan fingerprint density at radius 1 is 0.509 bits per heavy atom. The third kappa shape index (κ3) is 5.08. The van der Waals surface area contributed by atoms with Gasteiger partial charge in [0, 0.05) is 27.3 Å². The molecule has 12 rings (SSSR count). The number of fused-ring (bicyclic) bond motifs is 11. The van der Waals surface area contributed by atoms with Crippen LogP contribution in [0.1, 0.15) is 17.2 Å². The zero-order chi connectivity index (χ0) is 37.5. The van der Waals surface area contributed by atoms with E-state index in [4.69, 9.17) is 19.7 Å². The summed E-state index contributed by atoms with van der Waals surface area (Å²) in [6.45, 7) is 0. The maximum atomic E-state index is 6.69. The highest BCUT2D eigenvalue weighted by atomic mass is 16.3. The lowest BCUT2D eigenvalue weighted by molar-refractivity contribution is 0.669. The van der Waals surface area contributed by atoms with Gasteiger partial charge in [0.15, 0.2) is 5.58 Å². The minimum absolute atomic E-state index is 0.0382. The maximum absolute atomic E-state index is 6.69.